The highest BCUT2D eigenvalue weighted by atomic mass is 32.1. The van der Waals surface area contributed by atoms with Gasteiger partial charge in [-0.25, -0.2) is 19.9 Å². The average Bonchev–Trinajstić information content (AvgIpc) is 1.61. The number of thiophene rings is 2. The van der Waals surface area contributed by atoms with Crippen molar-refractivity contribution < 1.29 is 0 Å². The summed E-state index contributed by atoms with van der Waals surface area (Å²) in [5.41, 5.74) is 27.1. The molecule has 498 valence electrons. The van der Waals surface area contributed by atoms with Crippen LogP contribution >= 0.6 is 22.7 Å². The fourth-order valence-corrected chi connectivity index (χ4v) is 15.7. The van der Waals surface area contributed by atoms with Crippen LogP contribution in [0.15, 0.2) is 353 Å². The molecular formula is C92H58N12S2. The van der Waals surface area contributed by atoms with Gasteiger partial charge >= 0.3 is 0 Å². The first-order chi connectivity index (χ1) is 52.5. The zero-order valence-corrected chi connectivity index (χ0v) is 58.3. The summed E-state index contributed by atoms with van der Waals surface area (Å²) < 4.78 is 0. The predicted octanol–water partition coefficient (Wildman–Crippen LogP) is 22.9. The van der Waals surface area contributed by atoms with Crippen LogP contribution in [0.3, 0.4) is 0 Å². The lowest BCUT2D eigenvalue weighted by atomic mass is 9.96. The molecule has 0 aliphatic rings. The predicted molar refractivity (Wildman–Crippen MR) is 428 cm³/mol. The highest BCUT2D eigenvalue weighted by Crippen LogP contribution is 2.52. The average molecular weight is 1400 g/mol. The molecule has 0 aliphatic heterocycles. The Morgan fingerprint density at radius 3 is 0.509 bits per heavy atom. The largest absolute Gasteiger partial charge is 0.255 e. The number of hydrogen-bond acceptors (Lipinski definition) is 14. The SMILES string of the molecule is c1ccc(-c2cc(-c3ccc(-c4cc(-c5ccc(-c6cc(-c7ccccn7)nc(-c7ccccn7)c6)cc5)c(-c5sc(-c6ccc(-c7cc(-c8ccccn8)nc(-c8ccccn8)c7)cc6)cc5-c5ccc(-c6cc(-c7ccccn7)nc(-c7ccccn7)c6)cc5)s4)cc3)cc(-c3ccccn3)n2)nc1. The summed E-state index contributed by atoms with van der Waals surface area (Å²) in [5.74, 6) is 0. The number of rotatable bonds is 17. The van der Waals surface area contributed by atoms with Gasteiger partial charge < -0.3 is 0 Å². The van der Waals surface area contributed by atoms with Gasteiger partial charge in [-0.1, -0.05) is 146 Å². The van der Waals surface area contributed by atoms with E-state index in [1.54, 1.807) is 72.2 Å². The molecular weight excluding hydrogens is 1340 g/mol. The molecule has 14 heteroatoms. The molecule has 14 heterocycles. The van der Waals surface area contributed by atoms with Gasteiger partial charge in [0, 0.05) is 70.5 Å². The van der Waals surface area contributed by atoms with Gasteiger partial charge in [0.25, 0.3) is 0 Å². The highest BCUT2D eigenvalue weighted by Gasteiger charge is 2.24. The van der Waals surface area contributed by atoms with Crippen molar-refractivity contribution in [2.24, 2.45) is 0 Å². The van der Waals surface area contributed by atoms with Crippen molar-refractivity contribution >= 4 is 22.7 Å². The van der Waals surface area contributed by atoms with E-state index in [0.717, 1.165) is 188 Å². The molecule has 0 amide bonds. The van der Waals surface area contributed by atoms with Crippen molar-refractivity contribution in [3.63, 3.8) is 0 Å². The van der Waals surface area contributed by atoms with E-state index in [4.69, 9.17) is 59.8 Å². The Kier molecular flexibility index (Phi) is 17.5. The van der Waals surface area contributed by atoms with Crippen LogP contribution in [0.25, 0.3) is 188 Å². The minimum Gasteiger partial charge on any atom is -0.255 e. The quantitative estimate of drug-likeness (QED) is 0.0852. The molecule has 18 rings (SSSR count). The van der Waals surface area contributed by atoms with Gasteiger partial charge in [0.2, 0.25) is 0 Å². The van der Waals surface area contributed by atoms with Gasteiger partial charge in [0.05, 0.1) is 101 Å². The Morgan fingerprint density at radius 1 is 0.151 bits per heavy atom. The summed E-state index contributed by atoms with van der Waals surface area (Å²) in [6, 6.07) is 105. The molecule has 4 aromatic carbocycles. The van der Waals surface area contributed by atoms with Gasteiger partial charge in [0.15, 0.2) is 0 Å². The van der Waals surface area contributed by atoms with E-state index < -0.39 is 0 Å². The summed E-state index contributed by atoms with van der Waals surface area (Å²) in [4.78, 5) is 62.6. The first-order valence-electron chi connectivity index (χ1n) is 34.6. The molecule has 0 unspecified atom stereocenters. The van der Waals surface area contributed by atoms with Crippen molar-refractivity contribution in [2.45, 2.75) is 0 Å². The second-order valence-electron chi connectivity index (χ2n) is 25.2. The first kappa shape index (κ1) is 64.2. The smallest absolute Gasteiger partial charge is 0.0900 e. The van der Waals surface area contributed by atoms with Crippen molar-refractivity contribution in [1.82, 2.24) is 59.8 Å². The van der Waals surface area contributed by atoms with Crippen LogP contribution in [0.5, 0.6) is 0 Å². The van der Waals surface area contributed by atoms with Crippen LogP contribution in [-0.2, 0) is 0 Å². The fraction of sp³-hybridized carbons (Fsp3) is 0. The minimum absolute atomic E-state index is 0.764. The van der Waals surface area contributed by atoms with Crippen molar-refractivity contribution in [3.05, 3.63) is 353 Å². The molecule has 0 saturated heterocycles. The lowest BCUT2D eigenvalue weighted by Crippen LogP contribution is -1.94. The van der Waals surface area contributed by atoms with Crippen molar-refractivity contribution in [1.29, 1.82) is 0 Å². The summed E-state index contributed by atoms with van der Waals surface area (Å²) in [5, 5.41) is 0. The Hall–Kier alpha value is -13.9. The number of hydrogen-bond donors (Lipinski definition) is 0. The zero-order chi connectivity index (χ0) is 70.5. The summed E-state index contributed by atoms with van der Waals surface area (Å²) in [6.45, 7) is 0. The number of nitrogens with zero attached hydrogens (tertiary/aromatic N) is 12. The first-order valence-corrected chi connectivity index (χ1v) is 36.2. The Labute approximate surface area is 619 Å². The van der Waals surface area contributed by atoms with Crippen molar-refractivity contribution in [2.75, 3.05) is 0 Å². The maximum absolute atomic E-state index is 5.10. The van der Waals surface area contributed by atoms with E-state index in [2.05, 4.69) is 158 Å². The van der Waals surface area contributed by atoms with Crippen LogP contribution in [-0.4, -0.2) is 59.8 Å². The van der Waals surface area contributed by atoms with E-state index in [0.29, 0.717) is 0 Å². The van der Waals surface area contributed by atoms with Crippen LogP contribution < -0.4 is 0 Å². The molecule has 0 fully saturated rings. The van der Waals surface area contributed by atoms with Crippen molar-refractivity contribution in [3.8, 4) is 188 Å². The van der Waals surface area contributed by atoms with Gasteiger partial charge in [-0.3, -0.25) is 39.9 Å². The maximum atomic E-state index is 5.10. The molecule has 18 aromatic rings. The molecule has 0 radical (unpaired) electrons. The van der Waals surface area contributed by atoms with Crippen LogP contribution in [0, 0.1) is 0 Å². The highest BCUT2D eigenvalue weighted by molar-refractivity contribution is 7.26. The Balaban J connectivity index is 0.788. The van der Waals surface area contributed by atoms with Crippen LogP contribution in [0.2, 0.25) is 0 Å². The van der Waals surface area contributed by atoms with Crippen LogP contribution in [0.4, 0.5) is 0 Å². The number of aromatic nitrogens is 12. The van der Waals surface area contributed by atoms with Gasteiger partial charge in [0.1, 0.15) is 0 Å². The molecule has 0 saturated carbocycles. The number of pyridine rings is 12. The van der Waals surface area contributed by atoms with E-state index >= 15 is 0 Å². The Morgan fingerprint density at radius 2 is 0.330 bits per heavy atom. The summed E-state index contributed by atoms with van der Waals surface area (Å²) >= 11 is 3.61. The topological polar surface area (TPSA) is 155 Å². The fourth-order valence-electron chi connectivity index (χ4n) is 13.1. The van der Waals surface area contributed by atoms with Gasteiger partial charge in [-0.2, -0.15) is 0 Å². The summed E-state index contributed by atoms with van der Waals surface area (Å²) in [6.07, 6.45) is 14.4. The standard InChI is InChI=1S/C92H58N12S2/c1-9-41-93-73(17-1)81-49-67(50-82(101-81)74-18-2-10-42-94-74)59-25-33-63(34-26-59)71-57-89(65-37-29-61(30-38-65)69-53-85(77-21-5-13-45-97-77)103-86(54-69)78-22-6-14-46-98-78)105-91(71)92-72(64-35-27-60(28-36-64)68-51-83(75-19-3-11-43-95-75)102-84(52-68)76-20-4-12-44-96-76)58-90(106-92)66-39-31-62(32-40-66)70-55-87(79-23-7-15-47-99-79)104-88(56-70)80-24-8-16-48-100-80/h1-58H. The minimum atomic E-state index is 0.764. The normalized spacial score (nSPS) is 11.2. The number of benzene rings is 4. The lowest BCUT2D eigenvalue weighted by molar-refractivity contribution is 1.22. The van der Waals surface area contributed by atoms with E-state index in [9.17, 15) is 0 Å². The van der Waals surface area contributed by atoms with E-state index in [-0.39, 0.29) is 0 Å². The van der Waals surface area contributed by atoms with E-state index in [1.165, 1.54) is 0 Å². The van der Waals surface area contributed by atoms with Gasteiger partial charge in [-0.15, -0.1) is 22.7 Å². The second kappa shape index (κ2) is 28.8. The second-order valence-corrected chi connectivity index (χ2v) is 27.3. The molecule has 106 heavy (non-hydrogen) atoms. The molecule has 0 aliphatic carbocycles. The molecule has 14 aromatic heterocycles. The Bertz CT molecular complexity index is 5510. The molecule has 0 N–H and O–H groups in total. The monoisotopic (exact) mass is 1390 g/mol. The maximum Gasteiger partial charge on any atom is 0.0900 e. The molecule has 0 spiro atoms. The lowest BCUT2D eigenvalue weighted by Gasteiger charge is -2.11. The molecule has 0 atom stereocenters. The third kappa shape index (κ3) is 13.5. The zero-order valence-electron chi connectivity index (χ0n) is 56.7. The molecule has 12 nitrogen and oxygen atoms in total. The summed E-state index contributed by atoms with van der Waals surface area (Å²) in [7, 11) is 0. The molecule has 0 bridgehead atoms. The third-order valence-corrected chi connectivity index (χ3v) is 21.0. The third-order valence-electron chi connectivity index (χ3n) is 18.5. The van der Waals surface area contributed by atoms with E-state index in [1.807, 2.05) is 146 Å². The van der Waals surface area contributed by atoms with Crippen LogP contribution in [0.1, 0.15) is 0 Å². The van der Waals surface area contributed by atoms with Gasteiger partial charge in [-0.05, 0) is 224 Å².